The Morgan fingerprint density at radius 2 is 2.28 bits per heavy atom. The van der Waals surface area contributed by atoms with E-state index in [4.69, 9.17) is 10.00 Å². The Hall–Kier alpha value is -2.02. The van der Waals surface area contributed by atoms with Gasteiger partial charge in [0.25, 0.3) is 0 Å². The highest BCUT2D eigenvalue weighted by atomic mass is 16.5. The fourth-order valence-corrected chi connectivity index (χ4v) is 1.71. The minimum atomic E-state index is 0.0426. The standard InChI is InChI=1S/C14H18N2O2/c1-3-16(9-5-8-15)14(17)11-12-6-4-7-13(10-12)18-2/h4,6-7,10H,3,5,9,11H2,1-2H3. The molecule has 0 saturated carbocycles. The van der Waals surface area contributed by atoms with Crippen molar-refractivity contribution in [2.45, 2.75) is 19.8 Å². The van der Waals surface area contributed by atoms with E-state index in [1.54, 1.807) is 12.0 Å². The molecule has 18 heavy (non-hydrogen) atoms. The molecule has 0 aliphatic carbocycles. The third kappa shape index (κ3) is 4.10. The second-order valence-electron chi connectivity index (χ2n) is 3.91. The first-order valence-electron chi connectivity index (χ1n) is 5.99. The zero-order valence-electron chi connectivity index (χ0n) is 10.8. The molecule has 0 atom stereocenters. The number of carbonyl (C=O) groups is 1. The van der Waals surface area contributed by atoms with E-state index in [1.807, 2.05) is 31.2 Å². The highest BCUT2D eigenvalue weighted by molar-refractivity contribution is 5.78. The van der Waals surface area contributed by atoms with Gasteiger partial charge in [0.15, 0.2) is 0 Å². The summed E-state index contributed by atoms with van der Waals surface area (Å²) in [5, 5.41) is 8.55. The number of nitriles is 1. The molecule has 0 spiro atoms. The Morgan fingerprint density at radius 1 is 1.50 bits per heavy atom. The maximum atomic E-state index is 12.0. The van der Waals surface area contributed by atoms with Gasteiger partial charge in [0.2, 0.25) is 5.91 Å². The van der Waals surface area contributed by atoms with Crippen LogP contribution >= 0.6 is 0 Å². The highest BCUT2D eigenvalue weighted by Gasteiger charge is 2.12. The molecule has 0 aromatic heterocycles. The van der Waals surface area contributed by atoms with Gasteiger partial charge in [-0.1, -0.05) is 12.1 Å². The normalized spacial score (nSPS) is 9.61. The van der Waals surface area contributed by atoms with Crippen molar-refractivity contribution >= 4 is 5.91 Å². The SMILES string of the molecule is CCN(CCC#N)C(=O)Cc1cccc(OC)c1. The summed E-state index contributed by atoms with van der Waals surface area (Å²) in [5.41, 5.74) is 0.926. The molecule has 0 unspecified atom stereocenters. The van der Waals surface area contributed by atoms with Crippen molar-refractivity contribution in [1.82, 2.24) is 4.90 Å². The molecular formula is C14H18N2O2. The molecule has 0 radical (unpaired) electrons. The summed E-state index contributed by atoms with van der Waals surface area (Å²) in [6.45, 7) is 3.04. The molecule has 0 bridgehead atoms. The minimum absolute atomic E-state index is 0.0426. The van der Waals surface area contributed by atoms with Crippen molar-refractivity contribution in [3.05, 3.63) is 29.8 Å². The largest absolute Gasteiger partial charge is 0.497 e. The van der Waals surface area contributed by atoms with Crippen LogP contribution in [0.25, 0.3) is 0 Å². The van der Waals surface area contributed by atoms with Gasteiger partial charge in [0, 0.05) is 13.1 Å². The summed E-state index contributed by atoms with van der Waals surface area (Å²) in [5.74, 6) is 0.793. The number of rotatable bonds is 6. The molecule has 1 aromatic rings. The summed E-state index contributed by atoms with van der Waals surface area (Å²) in [7, 11) is 1.60. The van der Waals surface area contributed by atoms with Crippen molar-refractivity contribution < 1.29 is 9.53 Å². The second-order valence-corrected chi connectivity index (χ2v) is 3.91. The number of amides is 1. The van der Waals surface area contributed by atoms with E-state index in [2.05, 4.69) is 6.07 Å². The zero-order valence-corrected chi connectivity index (χ0v) is 10.8. The molecule has 1 aromatic carbocycles. The van der Waals surface area contributed by atoms with Crippen LogP contribution < -0.4 is 4.74 Å². The predicted octanol–water partition coefficient (Wildman–Crippen LogP) is 2.00. The maximum absolute atomic E-state index is 12.0. The second kappa shape index (κ2) is 7.33. The smallest absolute Gasteiger partial charge is 0.227 e. The average Bonchev–Trinajstić information content (AvgIpc) is 2.40. The number of hydrogen-bond donors (Lipinski definition) is 0. The van der Waals surface area contributed by atoms with E-state index in [1.165, 1.54) is 0 Å². The lowest BCUT2D eigenvalue weighted by Gasteiger charge is -2.19. The van der Waals surface area contributed by atoms with Crippen LogP contribution in [-0.2, 0) is 11.2 Å². The Balaban J connectivity index is 2.64. The molecule has 1 rings (SSSR count). The van der Waals surface area contributed by atoms with Gasteiger partial charge >= 0.3 is 0 Å². The van der Waals surface area contributed by atoms with Crippen LogP contribution in [0.3, 0.4) is 0 Å². The molecule has 0 aliphatic heterocycles. The number of nitrogens with zero attached hydrogens (tertiary/aromatic N) is 2. The van der Waals surface area contributed by atoms with Gasteiger partial charge in [-0.3, -0.25) is 4.79 Å². The Bertz CT molecular complexity index is 438. The molecule has 0 N–H and O–H groups in total. The molecule has 0 fully saturated rings. The molecular weight excluding hydrogens is 228 g/mol. The molecule has 0 heterocycles. The highest BCUT2D eigenvalue weighted by Crippen LogP contribution is 2.13. The maximum Gasteiger partial charge on any atom is 0.227 e. The van der Waals surface area contributed by atoms with Crippen LogP contribution in [0, 0.1) is 11.3 Å². The molecule has 4 heteroatoms. The summed E-state index contributed by atoms with van der Waals surface area (Å²) >= 11 is 0. The summed E-state index contributed by atoms with van der Waals surface area (Å²) in [6.07, 6.45) is 0.716. The van der Waals surface area contributed by atoms with Crippen molar-refractivity contribution in [2.24, 2.45) is 0 Å². The molecule has 96 valence electrons. The van der Waals surface area contributed by atoms with Crippen LogP contribution in [0.4, 0.5) is 0 Å². The summed E-state index contributed by atoms with van der Waals surface area (Å²) in [4.78, 5) is 13.7. The average molecular weight is 246 g/mol. The lowest BCUT2D eigenvalue weighted by molar-refractivity contribution is -0.130. The monoisotopic (exact) mass is 246 g/mol. The first-order chi connectivity index (χ1) is 8.71. The first-order valence-corrected chi connectivity index (χ1v) is 5.99. The van der Waals surface area contributed by atoms with Gasteiger partial charge in [-0.2, -0.15) is 5.26 Å². The third-order valence-electron chi connectivity index (χ3n) is 2.72. The van der Waals surface area contributed by atoms with E-state index < -0.39 is 0 Å². The lowest BCUT2D eigenvalue weighted by Crippen LogP contribution is -2.32. The molecule has 0 aliphatic rings. The van der Waals surface area contributed by atoms with Crippen LogP contribution in [0.2, 0.25) is 0 Å². The Labute approximate surface area is 108 Å². The van der Waals surface area contributed by atoms with Crippen molar-refractivity contribution in [2.75, 3.05) is 20.2 Å². The number of carbonyl (C=O) groups excluding carboxylic acids is 1. The molecule has 4 nitrogen and oxygen atoms in total. The first kappa shape index (κ1) is 14.0. The number of methoxy groups -OCH3 is 1. The van der Waals surface area contributed by atoms with Crippen LogP contribution in [0.15, 0.2) is 24.3 Å². The van der Waals surface area contributed by atoms with Crippen LogP contribution in [-0.4, -0.2) is 31.0 Å². The van der Waals surface area contributed by atoms with E-state index >= 15 is 0 Å². The number of ether oxygens (including phenoxy) is 1. The van der Waals surface area contributed by atoms with Gasteiger partial charge in [0.1, 0.15) is 5.75 Å². The number of hydrogen-bond acceptors (Lipinski definition) is 3. The molecule has 1 amide bonds. The predicted molar refractivity (Wildman–Crippen MR) is 69.2 cm³/mol. The fraction of sp³-hybridized carbons (Fsp3) is 0.429. The third-order valence-corrected chi connectivity index (χ3v) is 2.72. The van der Waals surface area contributed by atoms with Gasteiger partial charge in [0.05, 0.1) is 26.0 Å². The summed E-state index contributed by atoms with van der Waals surface area (Å²) < 4.78 is 5.12. The van der Waals surface area contributed by atoms with E-state index in [0.29, 0.717) is 25.9 Å². The van der Waals surface area contributed by atoms with Gasteiger partial charge in [-0.05, 0) is 24.6 Å². The van der Waals surface area contributed by atoms with Gasteiger partial charge in [-0.25, -0.2) is 0 Å². The van der Waals surface area contributed by atoms with Gasteiger partial charge in [-0.15, -0.1) is 0 Å². The Kier molecular flexibility index (Phi) is 5.72. The van der Waals surface area contributed by atoms with Crippen molar-refractivity contribution in [3.63, 3.8) is 0 Å². The lowest BCUT2D eigenvalue weighted by atomic mass is 10.1. The van der Waals surface area contributed by atoms with Crippen LogP contribution in [0.5, 0.6) is 5.75 Å². The van der Waals surface area contributed by atoms with E-state index in [0.717, 1.165) is 11.3 Å². The quantitative estimate of drug-likeness (QED) is 0.771. The number of benzene rings is 1. The Morgan fingerprint density at radius 3 is 2.89 bits per heavy atom. The minimum Gasteiger partial charge on any atom is -0.497 e. The van der Waals surface area contributed by atoms with E-state index in [-0.39, 0.29) is 5.91 Å². The molecule has 0 saturated heterocycles. The van der Waals surface area contributed by atoms with Crippen molar-refractivity contribution in [1.29, 1.82) is 5.26 Å². The zero-order chi connectivity index (χ0) is 13.4. The van der Waals surface area contributed by atoms with Crippen LogP contribution in [0.1, 0.15) is 18.9 Å². The van der Waals surface area contributed by atoms with Crippen molar-refractivity contribution in [3.8, 4) is 11.8 Å². The number of likely N-dealkylation sites (N-methyl/N-ethyl adjacent to an activating group) is 1. The fourth-order valence-electron chi connectivity index (χ4n) is 1.71. The topological polar surface area (TPSA) is 53.3 Å². The van der Waals surface area contributed by atoms with Gasteiger partial charge < -0.3 is 9.64 Å². The van der Waals surface area contributed by atoms with E-state index in [9.17, 15) is 4.79 Å². The summed E-state index contributed by atoms with van der Waals surface area (Å²) in [6, 6.07) is 9.53.